The van der Waals surface area contributed by atoms with Crippen LogP contribution in [0.15, 0.2) is 24.5 Å². The quantitative estimate of drug-likeness (QED) is 0.806. The highest BCUT2D eigenvalue weighted by Gasteiger charge is 2.19. The lowest BCUT2D eigenvalue weighted by molar-refractivity contribution is 0.0990. The van der Waals surface area contributed by atoms with Gasteiger partial charge in [0.2, 0.25) is 0 Å². The minimum atomic E-state index is -0.175. The van der Waals surface area contributed by atoms with Crippen LogP contribution in [0.1, 0.15) is 32.6 Å². The smallest absolute Gasteiger partial charge is 0.259 e. The summed E-state index contributed by atoms with van der Waals surface area (Å²) in [6, 6.07) is 3.29. The van der Waals surface area contributed by atoms with E-state index in [0.717, 1.165) is 0 Å². The average molecular weight is 275 g/mol. The van der Waals surface area contributed by atoms with Crippen LogP contribution in [0.4, 0.5) is 5.13 Å². The van der Waals surface area contributed by atoms with E-state index in [0.29, 0.717) is 21.3 Å². The fourth-order valence-electron chi connectivity index (χ4n) is 1.63. The largest absolute Gasteiger partial charge is 0.294 e. The van der Waals surface area contributed by atoms with E-state index in [9.17, 15) is 9.59 Å². The molecule has 0 aliphatic rings. The zero-order chi connectivity index (χ0) is 14.0. The zero-order valence-corrected chi connectivity index (χ0v) is 11.7. The molecule has 0 radical (unpaired) electrons. The number of pyridine rings is 1. The molecule has 0 aromatic carbocycles. The molecule has 0 N–H and O–H groups in total. The maximum absolute atomic E-state index is 12.2. The van der Waals surface area contributed by atoms with E-state index in [4.69, 9.17) is 0 Å². The molecule has 0 unspecified atom stereocenters. The highest BCUT2D eigenvalue weighted by Crippen LogP contribution is 2.26. The van der Waals surface area contributed by atoms with Gasteiger partial charge in [0.1, 0.15) is 0 Å². The monoisotopic (exact) mass is 275 g/mol. The average Bonchev–Trinajstić information content (AvgIpc) is 2.80. The number of rotatable bonds is 3. The van der Waals surface area contributed by atoms with Crippen LogP contribution in [0, 0.1) is 6.92 Å². The second kappa shape index (κ2) is 5.27. The number of aromatic nitrogens is 2. The van der Waals surface area contributed by atoms with Crippen molar-refractivity contribution in [3.8, 4) is 0 Å². The van der Waals surface area contributed by atoms with Gasteiger partial charge in [-0.1, -0.05) is 11.3 Å². The van der Waals surface area contributed by atoms with Gasteiger partial charge in [0, 0.05) is 31.9 Å². The second-order valence-corrected chi connectivity index (χ2v) is 5.04. The molecule has 2 heterocycles. The molecule has 0 saturated carbocycles. The molecule has 0 bridgehead atoms. The Balaban J connectivity index is 2.30. The number of nitrogens with zero attached hydrogens (tertiary/aromatic N) is 3. The van der Waals surface area contributed by atoms with Crippen LogP contribution in [-0.2, 0) is 0 Å². The van der Waals surface area contributed by atoms with Crippen molar-refractivity contribution in [2.75, 3.05) is 11.9 Å². The van der Waals surface area contributed by atoms with E-state index in [-0.39, 0.29) is 11.7 Å². The number of aryl methyl sites for hydroxylation is 1. The Labute approximate surface area is 114 Å². The van der Waals surface area contributed by atoms with Gasteiger partial charge in [0.25, 0.3) is 5.91 Å². The Morgan fingerprint density at radius 1 is 1.26 bits per heavy atom. The molecule has 0 saturated heterocycles. The molecule has 5 nitrogen and oxygen atoms in total. The van der Waals surface area contributed by atoms with Gasteiger partial charge in [0.05, 0.1) is 10.6 Å². The number of ketones is 1. The molecule has 0 aliphatic heterocycles. The first-order chi connectivity index (χ1) is 9.00. The third-order valence-electron chi connectivity index (χ3n) is 2.62. The molecule has 1 amide bonds. The predicted octanol–water partition coefficient (Wildman–Crippen LogP) is 2.33. The van der Waals surface area contributed by atoms with Gasteiger partial charge in [-0.25, -0.2) is 4.98 Å². The first-order valence-electron chi connectivity index (χ1n) is 5.67. The molecule has 0 atom stereocenters. The maximum Gasteiger partial charge on any atom is 0.259 e. The van der Waals surface area contributed by atoms with Crippen LogP contribution < -0.4 is 4.90 Å². The number of hydrogen-bond donors (Lipinski definition) is 0. The summed E-state index contributed by atoms with van der Waals surface area (Å²) in [5.74, 6) is -0.211. The fourth-order valence-corrected chi connectivity index (χ4v) is 2.55. The molecule has 2 rings (SSSR count). The van der Waals surface area contributed by atoms with Crippen LogP contribution in [0.5, 0.6) is 0 Å². The minimum Gasteiger partial charge on any atom is -0.294 e. The third kappa shape index (κ3) is 2.68. The van der Waals surface area contributed by atoms with Gasteiger partial charge in [-0.05, 0) is 19.1 Å². The van der Waals surface area contributed by atoms with E-state index in [1.54, 1.807) is 38.5 Å². The van der Waals surface area contributed by atoms with Crippen molar-refractivity contribution in [3.63, 3.8) is 0 Å². The summed E-state index contributed by atoms with van der Waals surface area (Å²) in [5, 5.41) is 0.518. The van der Waals surface area contributed by atoms with E-state index in [1.807, 2.05) is 0 Å². The minimum absolute atomic E-state index is 0.0361. The number of Topliss-reactive ketones (excluding diaryl/α,β-unsaturated/α-hetero) is 1. The highest BCUT2D eigenvalue weighted by molar-refractivity contribution is 7.17. The highest BCUT2D eigenvalue weighted by atomic mass is 32.1. The molecule has 98 valence electrons. The Morgan fingerprint density at radius 3 is 2.42 bits per heavy atom. The first-order valence-corrected chi connectivity index (χ1v) is 6.49. The van der Waals surface area contributed by atoms with Crippen molar-refractivity contribution in [2.24, 2.45) is 0 Å². The molecule has 0 fully saturated rings. The van der Waals surface area contributed by atoms with Crippen molar-refractivity contribution >= 4 is 28.2 Å². The SMILES string of the molecule is CC(=O)c1sc(N(C)C(=O)c2ccncc2)nc1C. The van der Waals surface area contributed by atoms with E-state index >= 15 is 0 Å². The zero-order valence-electron chi connectivity index (χ0n) is 10.9. The number of amides is 1. The van der Waals surface area contributed by atoms with Crippen LogP contribution in [-0.4, -0.2) is 28.7 Å². The molecule has 2 aromatic heterocycles. The Hall–Kier alpha value is -2.08. The molecule has 19 heavy (non-hydrogen) atoms. The number of carbonyl (C=O) groups is 2. The topological polar surface area (TPSA) is 63.2 Å². The lowest BCUT2D eigenvalue weighted by atomic mass is 10.2. The van der Waals surface area contributed by atoms with E-state index in [1.165, 1.54) is 23.2 Å². The molecule has 0 spiro atoms. The van der Waals surface area contributed by atoms with E-state index < -0.39 is 0 Å². The fraction of sp³-hybridized carbons (Fsp3) is 0.231. The molecule has 2 aromatic rings. The van der Waals surface area contributed by atoms with Gasteiger partial charge in [-0.3, -0.25) is 19.5 Å². The summed E-state index contributed by atoms with van der Waals surface area (Å²) in [4.78, 5) is 33.8. The Bertz CT molecular complexity index is 622. The standard InChI is InChI=1S/C13H13N3O2S/c1-8-11(9(2)17)19-13(15-8)16(3)12(18)10-4-6-14-7-5-10/h4-7H,1-3H3. The lowest BCUT2D eigenvalue weighted by Crippen LogP contribution is -2.26. The van der Waals surface area contributed by atoms with Crippen LogP contribution in [0.3, 0.4) is 0 Å². The second-order valence-electron chi connectivity index (χ2n) is 4.07. The van der Waals surface area contributed by atoms with E-state index in [2.05, 4.69) is 9.97 Å². The van der Waals surface area contributed by atoms with Crippen LogP contribution in [0.2, 0.25) is 0 Å². The third-order valence-corrected chi connectivity index (χ3v) is 3.96. The van der Waals surface area contributed by atoms with Crippen molar-refractivity contribution < 1.29 is 9.59 Å². The molecular formula is C13H13N3O2S. The summed E-state index contributed by atoms with van der Waals surface area (Å²) >= 11 is 1.23. The van der Waals surface area contributed by atoms with Crippen molar-refractivity contribution in [1.82, 2.24) is 9.97 Å². The lowest BCUT2D eigenvalue weighted by Gasteiger charge is -2.13. The Morgan fingerprint density at radius 2 is 1.89 bits per heavy atom. The van der Waals surface area contributed by atoms with Gasteiger partial charge in [-0.15, -0.1) is 0 Å². The van der Waals surface area contributed by atoms with Gasteiger partial charge >= 0.3 is 0 Å². The summed E-state index contributed by atoms with van der Waals surface area (Å²) in [6.07, 6.45) is 3.13. The summed E-state index contributed by atoms with van der Waals surface area (Å²) in [5.41, 5.74) is 1.19. The molecular weight excluding hydrogens is 262 g/mol. The summed E-state index contributed by atoms with van der Waals surface area (Å²) in [6.45, 7) is 3.26. The predicted molar refractivity (Wildman–Crippen MR) is 73.8 cm³/mol. The number of thiazole rings is 1. The number of anilines is 1. The number of carbonyl (C=O) groups excluding carboxylic acids is 2. The normalized spacial score (nSPS) is 10.3. The summed E-state index contributed by atoms with van der Waals surface area (Å²) in [7, 11) is 1.64. The van der Waals surface area contributed by atoms with Crippen LogP contribution in [0.25, 0.3) is 0 Å². The maximum atomic E-state index is 12.2. The van der Waals surface area contributed by atoms with Crippen LogP contribution >= 0.6 is 11.3 Å². The van der Waals surface area contributed by atoms with Crippen molar-refractivity contribution in [2.45, 2.75) is 13.8 Å². The van der Waals surface area contributed by atoms with Gasteiger partial charge in [-0.2, -0.15) is 0 Å². The first kappa shape index (κ1) is 13.4. The number of hydrogen-bond acceptors (Lipinski definition) is 5. The molecule has 0 aliphatic carbocycles. The summed E-state index contributed by atoms with van der Waals surface area (Å²) < 4.78 is 0. The van der Waals surface area contributed by atoms with Gasteiger partial charge < -0.3 is 0 Å². The van der Waals surface area contributed by atoms with Gasteiger partial charge in [0.15, 0.2) is 10.9 Å². The molecule has 6 heteroatoms. The van der Waals surface area contributed by atoms with Crippen molar-refractivity contribution in [1.29, 1.82) is 0 Å². The Kier molecular flexibility index (Phi) is 3.71. The van der Waals surface area contributed by atoms with Crippen molar-refractivity contribution in [3.05, 3.63) is 40.7 Å².